The lowest BCUT2D eigenvalue weighted by Crippen LogP contribution is -2.52. The van der Waals surface area contributed by atoms with Crippen LogP contribution in [0.2, 0.25) is 0 Å². The van der Waals surface area contributed by atoms with Gasteiger partial charge in [-0.3, -0.25) is 9.69 Å². The number of carbonyl (C=O) groups excluding carboxylic acids is 1. The van der Waals surface area contributed by atoms with Crippen molar-refractivity contribution in [2.75, 3.05) is 19.7 Å². The number of carbonyl (C=O) groups is 1. The third-order valence-electron chi connectivity index (χ3n) is 6.43. The lowest BCUT2D eigenvalue weighted by molar-refractivity contribution is -0.125. The fourth-order valence-electron chi connectivity index (χ4n) is 4.90. The van der Waals surface area contributed by atoms with Gasteiger partial charge in [0.15, 0.2) is 0 Å². The average Bonchev–Trinajstić information content (AvgIpc) is 3.34. The van der Waals surface area contributed by atoms with Crippen molar-refractivity contribution in [3.8, 4) is 0 Å². The quantitative estimate of drug-likeness (QED) is 0.712. The van der Waals surface area contributed by atoms with E-state index in [1.165, 1.54) is 11.1 Å². The van der Waals surface area contributed by atoms with Crippen LogP contribution in [0.15, 0.2) is 24.3 Å². The van der Waals surface area contributed by atoms with Crippen molar-refractivity contribution in [1.82, 2.24) is 10.2 Å². The summed E-state index contributed by atoms with van der Waals surface area (Å²) < 4.78 is 5.93. The summed E-state index contributed by atoms with van der Waals surface area (Å²) in [5, 5.41) is 23.4. The number of hydrogen-bond donors (Lipinski definition) is 3. The van der Waals surface area contributed by atoms with Crippen LogP contribution in [-0.2, 0) is 22.5 Å². The first-order valence-corrected chi connectivity index (χ1v) is 10.2. The molecule has 2 aliphatic heterocycles. The first kappa shape index (κ1) is 18.9. The third-order valence-corrected chi connectivity index (χ3v) is 6.43. The third kappa shape index (κ3) is 3.90. The van der Waals surface area contributed by atoms with E-state index < -0.39 is 12.2 Å². The second-order valence-corrected chi connectivity index (χ2v) is 8.09. The van der Waals surface area contributed by atoms with E-state index in [-0.39, 0.29) is 30.6 Å². The van der Waals surface area contributed by atoms with Crippen LogP contribution >= 0.6 is 0 Å². The molecular formula is C21H30N2O4. The molecule has 1 aliphatic carbocycles. The lowest BCUT2D eigenvalue weighted by atomic mass is 9.95. The van der Waals surface area contributed by atoms with E-state index in [9.17, 15) is 15.0 Å². The molecule has 0 radical (unpaired) electrons. The van der Waals surface area contributed by atoms with Gasteiger partial charge in [0.05, 0.1) is 18.8 Å². The monoisotopic (exact) mass is 374 g/mol. The molecule has 0 bridgehead atoms. The zero-order chi connectivity index (χ0) is 18.8. The Labute approximate surface area is 160 Å². The molecule has 4 atom stereocenters. The predicted molar refractivity (Wildman–Crippen MR) is 101 cm³/mol. The summed E-state index contributed by atoms with van der Waals surface area (Å²) in [6, 6.07) is 8.17. The number of aliphatic hydroxyl groups excluding tert-OH is 2. The molecule has 0 spiro atoms. The van der Waals surface area contributed by atoms with Gasteiger partial charge in [-0.05, 0) is 30.4 Å². The van der Waals surface area contributed by atoms with Gasteiger partial charge in [0, 0.05) is 25.6 Å². The lowest BCUT2D eigenvalue weighted by Gasteiger charge is -2.37. The summed E-state index contributed by atoms with van der Waals surface area (Å²) in [6.45, 7) is 1.76. The Morgan fingerprint density at radius 2 is 1.93 bits per heavy atom. The molecule has 1 saturated heterocycles. The van der Waals surface area contributed by atoms with Gasteiger partial charge in [0.2, 0.25) is 5.91 Å². The number of ether oxygens (including phenoxy) is 1. The summed E-state index contributed by atoms with van der Waals surface area (Å²) in [7, 11) is 0. The minimum absolute atomic E-state index is 0.0979. The molecule has 3 aliphatic rings. The standard InChI is InChI=1S/C21H30N2O4/c24-13-18-20(25)19(23-10-9-14-5-1-4-8-16(14)12-23)17(27-18)11-22-21(26)15-6-2-3-7-15/h1,4-5,8,15,17-20,24-25H,2-3,6-7,9-13H2,(H,22,26)/t17-,18+,19-,20-/m1/s1. The van der Waals surface area contributed by atoms with Gasteiger partial charge in [-0.1, -0.05) is 37.1 Å². The number of nitrogens with zero attached hydrogens (tertiary/aromatic N) is 1. The highest BCUT2D eigenvalue weighted by molar-refractivity contribution is 5.78. The molecule has 0 aromatic heterocycles. The first-order chi connectivity index (χ1) is 13.2. The molecule has 6 heteroatoms. The van der Waals surface area contributed by atoms with Crippen molar-refractivity contribution >= 4 is 5.91 Å². The van der Waals surface area contributed by atoms with Crippen molar-refractivity contribution in [2.24, 2.45) is 5.92 Å². The van der Waals surface area contributed by atoms with E-state index in [1.54, 1.807) is 0 Å². The Bertz CT molecular complexity index is 661. The van der Waals surface area contributed by atoms with Gasteiger partial charge in [-0.15, -0.1) is 0 Å². The van der Waals surface area contributed by atoms with E-state index in [4.69, 9.17) is 4.74 Å². The molecule has 4 rings (SSSR count). The molecule has 1 aromatic rings. The maximum absolute atomic E-state index is 12.4. The summed E-state index contributed by atoms with van der Waals surface area (Å²) in [4.78, 5) is 14.6. The highest BCUT2D eigenvalue weighted by atomic mass is 16.5. The van der Waals surface area contributed by atoms with Crippen LogP contribution in [-0.4, -0.2) is 65.1 Å². The molecule has 1 amide bonds. The van der Waals surface area contributed by atoms with Crippen LogP contribution in [0.1, 0.15) is 36.8 Å². The normalized spacial score (nSPS) is 31.8. The van der Waals surface area contributed by atoms with E-state index >= 15 is 0 Å². The van der Waals surface area contributed by atoms with Crippen LogP contribution in [0.25, 0.3) is 0 Å². The maximum Gasteiger partial charge on any atom is 0.223 e. The molecular weight excluding hydrogens is 344 g/mol. The Hall–Kier alpha value is -1.47. The molecule has 1 aromatic carbocycles. The summed E-state index contributed by atoms with van der Waals surface area (Å²) in [5.74, 6) is 0.214. The Balaban J connectivity index is 1.44. The van der Waals surface area contributed by atoms with Gasteiger partial charge in [0.25, 0.3) is 0 Å². The van der Waals surface area contributed by atoms with Crippen LogP contribution in [0, 0.1) is 5.92 Å². The molecule has 27 heavy (non-hydrogen) atoms. The molecule has 148 valence electrons. The van der Waals surface area contributed by atoms with Gasteiger partial charge in [-0.25, -0.2) is 0 Å². The number of aliphatic hydroxyl groups is 2. The van der Waals surface area contributed by atoms with Gasteiger partial charge >= 0.3 is 0 Å². The van der Waals surface area contributed by atoms with Crippen molar-refractivity contribution in [1.29, 1.82) is 0 Å². The fraction of sp³-hybridized carbons (Fsp3) is 0.667. The highest BCUT2D eigenvalue weighted by Crippen LogP contribution is 2.30. The van der Waals surface area contributed by atoms with Crippen LogP contribution in [0.5, 0.6) is 0 Å². The minimum atomic E-state index is -0.756. The minimum Gasteiger partial charge on any atom is -0.394 e. The molecule has 2 fully saturated rings. The molecule has 2 heterocycles. The first-order valence-electron chi connectivity index (χ1n) is 10.2. The Kier molecular flexibility index (Phi) is 5.78. The van der Waals surface area contributed by atoms with Crippen LogP contribution in [0.4, 0.5) is 0 Å². The Morgan fingerprint density at radius 3 is 2.67 bits per heavy atom. The zero-order valence-electron chi connectivity index (χ0n) is 15.7. The molecule has 3 N–H and O–H groups in total. The van der Waals surface area contributed by atoms with E-state index in [1.807, 2.05) is 6.07 Å². The van der Waals surface area contributed by atoms with Gasteiger partial charge in [0.1, 0.15) is 12.2 Å². The van der Waals surface area contributed by atoms with Gasteiger partial charge < -0.3 is 20.3 Å². The summed E-state index contributed by atoms with van der Waals surface area (Å²) in [5.41, 5.74) is 2.63. The molecule has 1 saturated carbocycles. The van der Waals surface area contributed by atoms with Crippen molar-refractivity contribution in [2.45, 2.75) is 63.0 Å². The SMILES string of the molecule is O=C(NC[C@H]1O[C@@H](CO)[C@@H](O)[C@@H]1N1CCc2ccccc2C1)C1CCCC1. The topological polar surface area (TPSA) is 82.0 Å². The zero-order valence-corrected chi connectivity index (χ0v) is 15.7. The number of amides is 1. The Morgan fingerprint density at radius 1 is 1.19 bits per heavy atom. The smallest absolute Gasteiger partial charge is 0.223 e. The van der Waals surface area contributed by atoms with Gasteiger partial charge in [-0.2, -0.15) is 0 Å². The second kappa shape index (κ2) is 8.27. The second-order valence-electron chi connectivity index (χ2n) is 8.09. The molecule has 6 nitrogen and oxygen atoms in total. The predicted octanol–water partition coefficient (Wildman–Crippen LogP) is 0.840. The number of rotatable bonds is 5. The van der Waals surface area contributed by atoms with E-state index in [2.05, 4.69) is 28.4 Å². The van der Waals surface area contributed by atoms with Crippen molar-refractivity contribution in [3.05, 3.63) is 35.4 Å². The summed E-state index contributed by atoms with van der Waals surface area (Å²) in [6.07, 6.45) is 3.45. The highest BCUT2D eigenvalue weighted by Gasteiger charge is 2.46. The number of fused-ring (bicyclic) bond motifs is 1. The van der Waals surface area contributed by atoms with Crippen LogP contribution in [0.3, 0.4) is 0 Å². The number of benzene rings is 1. The van der Waals surface area contributed by atoms with Crippen LogP contribution < -0.4 is 5.32 Å². The van der Waals surface area contributed by atoms with E-state index in [0.29, 0.717) is 6.54 Å². The van der Waals surface area contributed by atoms with Crippen molar-refractivity contribution < 1.29 is 19.7 Å². The van der Waals surface area contributed by atoms with E-state index in [0.717, 1.165) is 45.2 Å². The largest absolute Gasteiger partial charge is 0.394 e. The molecule has 0 unspecified atom stereocenters. The fourth-order valence-corrected chi connectivity index (χ4v) is 4.90. The number of nitrogens with one attached hydrogen (secondary N) is 1. The van der Waals surface area contributed by atoms with Crippen molar-refractivity contribution in [3.63, 3.8) is 0 Å². The maximum atomic E-state index is 12.4. The summed E-state index contributed by atoms with van der Waals surface area (Å²) >= 11 is 0. The number of hydrogen-bond acceptors (Lipinski definition) is 5. The average molecular weight is 374 g/mol.